The van der Waals surface area contributed by atoms with Crippen LogP contribution in [0.4, 0.5) is 0 Å². The Morgan fingerprint density at radius 3 is 2.63 bits per heavy atom. The molecule has 0 bridgehead atoms. The molecular formula is C12H16N4O2S. The van der Waals surface area contributed by atoms with E-state index in [0.717, 1.165) is 5.56 Å². The van der Waals surface area contributed by atoms with Gasteiger partial charge in [0.05, 0.1) is 6.20 Å². The predicted molar refractivity (Wildman–Crippen MR) is 70.9 cm³/mol. The Morgan fingerprint density at radius 2 is 2.05 bits per heavy atom. The van der Waals surface area contributed by atoms with E-state index in [4.69, 9.17) is 0 Å². The van der Waals surface area contributed by atoms with Gasteiger partial charge in [-0.05, 0) is 24.6 Å². The lowest BCUT2D eigenvalue weighted by atomic mass is 10.1. The molecule has 2 aromatic heterocycles. The summed E-state index contributed by atoms with van der Waals surface area (Å²) in [5.74, 6) is 0.650. The number of hydrogen-bond acceptors (Lipinski definition) is 4. The normalized spacial score (nSPS) is 13.4. The highest BCUT2D eigenvalue weighted by Crippen LogP contribution is 2.15. The van der Waals surface area contributed by atoms with E-state index in [2.05, 4.69) is 19.7 Å². The summed E-state index contributed by atoms with van der Waals surface area (Å²) in [5, 5.41) is 0.0882. The third kappa shape index (κ3) is 3.18. The van der Waals surface area contributed by atoms with Gasteiger partial charge < -0.3 is 4.98 Å². The maximum Gasteiger partial charge on any atom is 0.258 e. The Morgan fingerprint density at radius 1 is 1.37 bits per heavy atom. The second-order valence-electron chi connectivity index (χ2n) is 4.17. The Hall–Kier alpha value is -1.73. The van der Waals surface area contributed by atoms with Crippen molar-refractivity contribution >= 4 is 10.0 Å². The molecule has 0 aliphatic carbocycles. The third-order valence-electron chi connectivity index (χ3n) is 2.77. The first-order chi connectivity index (χ1) is 9.03. The van der Waals surface area contributed by atoms with Crippen LogP contribution in [0.5, 0.6) is 0 Å². The van der Waals surface area contributed by atoms with Crippen molar-refractivity contribution in [2.75, 3.05) is 0 Å². The standard InChI is InChI=1S/C12H16N4O2S/c1-3-11-14-8-12(15-11)19(17,18)16-9(2)10-4-6-13-7-5-10/h4-9,16H,3H2,1-2H3,(H,14,15). The number of pyridine rings is 1. The molecule has 0 amide bonds. The number of hydrogen-bond donors (Lipinski definition) is 2. The van der Waals surface area contributed by atoms with Gasteiger partial charge in [0.2, 0.25) is 0 Å². The Balaban J connectivity index is 2.17. The average molecular weight is 280 g/mol. The molecule has 0 radical (unpaired) electrons. The van der Waals surface area contributed by atoms with Gasteiger partial charge in [-0.3, -0.25) is 4.98 Å². The largest absolute Gasteiger partial charge is 0.332 e. The second kappa shape index (κ2) is 5.50. The number of imidazole rings is 1. The van der Waals surface area contributed by atoms with Crippen LogP contribution in [0.3, 0.4) is 0 Å². The van der Waals surface area contributed by atoms with Crippen molar-refractivity contribution in [2.24, 2.45) is 0 Å². The van der Waals surface area contributed by atoms with Crippen LogP contribution in [0.25, 0.3) is 0 Å². The van der Waals surface area contributed by atoms with Crippen LogP contribution >= 0.6 is 0 Å². The quantitative estimate of drug-likeness (QED) is 0.866. The van der Waals surface area contributed by atoms with E-state index in [0.29, 0.717) is 12.2 Å². The molecule has 2 aromatic rings. The van der Waals surface area contributed by atoms with Crippen molar-refractivity contribution in [1.82, 2.24) is 19.7 Å². The smallest absolute Gasteiger partial charge is 0.258 e. The summed E-state index contributed by atoms with van der Waals surface area (Å²) in [7, 11) is -3.59. The van der Waals surface area contributed by atoms with Crippen LogP contribution in [-0.4, -0.2) is 23.4 Å². The number of nitrogens with one attached hydrogen (secondary N) is 2. The van der Waals surface area contributed by atoms with E-state index in [1.807, 2.05) is 6.92 Å². The average Bonchev–Trinajstić information content (AvgIpc) is 2.89. The van der Waals surface area contributed by atoms with Gasteiger partial charge in [-0.1, -0.05) is 6.92 Å². The zero-order valence-electron chi connectivity index (χ0n) is 10.8. The van der Waals surface area contributed by atoms with Gasteiger partial charge >= 0.3 is 0 Å². The van der Waals surface area contributed by atoms with E-state index in [1.165, 1.54) is 6.20 Å². The van der Waals surface area contributed by atoms with Crippen LogP contribution in [0, 0.1) is 0 Å². The molecule has 0 aliphatic rings. The van der Waals surface area contributed by atoms with E-state index in [-0.39, 0.29) is 11.1 Å². The van der Waals surface area contributed by atoms with Gasteiger partial charge in [0.25, 0.3) is 10.0 Å². The lowest BCUT2D eigenvalue weighted by Gasteiger charge is -2.13. The van der Waals surface area contributed by atoms with Crippen LogP contribution in [0.15, 0.2) is 35.7 Å². The van der Waals surface area contributed by atoms with Gasteiger partial charge in [-0.2, -0.15) is 0 Å². The zero-order valence-corrected chi connectivity index (χ0v) is 11.6. The maximum atomic E-state index is 12.1. The molecule has 0 aliphatic heterocycles. The van der Waals surface area contributed by atoms with Crippen molar-refractivity contribution in [2.45, 2.75) is 31.3 Å². The SMILES string of the molecule is CCc1ncc(S(=O)(=O)NC(C)c2ccncc2)[nH]1. The van der Waals surface area contributed by atoms with Gasteiger partial charge in [0.1, 0.15) is 5.82 Å². The molecule has 1 atom stereocenters. The maximum absolute atomic E-state index is 12.1. The number of aromatic nitrogens is 3. The molecule has 2 rings (SSSR count). The van der Waals surface area contributed by atoms with Crippen LogP contribution in [-0.2, 0) is 16.4 Å². The number of H-pyrrole nitrogens is 1. The zero-order chi connectivity index (χ0) is 13.9. The molecule has 2 heterocycles. The summed E-state index contributed by atoms with van der Waals surface area (Å²) in [5.41, 5.74) is 0.855. The molecule has 102 valence electrons. The summed E-state index contributed by atoms with van der Waals surface area (Å²) in [6.07, 6.45) is 5.26. The molecular weight excluding hydrogens is 264 g/mol. The Kier molecular flexibility index (Phi) is 3.96. The number of sulfonamides is 1. The number of rotatable bonds is 5. The van der Waals surface area contributed by atoms with Crippen molar-refractivity contribution < 1.29 is 8.42 Å². The van der Waals surface area contributed by atoms with E-state index >= 15 is 0 Å². The monoisotopic (exact) mass is 280 g/mol. The predicted octanol–water partition coefficient (Wildman–Crippen LogP) is 1.41. The fraction of sp³-hybridized carbons (Fsp3) is 0.333. The molecule has 0 saturated carbocycles. The van der Waals surface area contributed by atoms with Gasteiger partial charge in [-0.15, -0.1) is 0 Å². The van der Waals surface area contributed by atoms with E-state index < -0.39 is 10.0 Å². The Labute approximate surface area is 112 Å². The highest BCUT2D eigenvalue weighted by molar-refractivity contribution is 7.89. The fourth-order valence-corrected chi connectivity index (χ4v) is 2.85. The molecule has 6 nitrogen and oxygen atoms in total. The summed E-state index contributed by atoms with van der Waals surface area (Å²) < 4.78 is 26.9. The first-order valence-corrected chi connectivity index (χ1v) is 7.47. The molecule has 0 spiro atoms. The lowest BCUT2D eigenvalue weighted by Crippen LogP contribution is -2.27. The van der Waals surface area contributed by atoms with E-state index in [1.54, 1.807) is 31.5 Å². The number of nitrogens with zero attached hydrogens (tertiary/aromatic N) is 2. The van der Waals surface area contributed by atoms with Crippen molar-refractivity contribution in [3.05, 3.63) is 42.1 Å². The summed E-state index contributed by atoms with van der Waals surface area (Å²) >= 11 is 0. The van der Waals surface area contributed by atoms with Crippen molar-refractivity contribution in [3.8, 4) is 0 Å². The molecule has 1 unspecified atom stereocenters. The van der Waals surface area contributed by atoms with E-state index in [9.17, 15) is 8.42 Å². The molecule has 0 saturated heterocycles. The topological polar surface area (TPSA) is 87.7 Å². The second-order valence-corrected chi connectivity index (χ2v) is 5.85. The first kappa shape index (κ1) is 13.7. The third-order valence-corrected chi connectivity index (χ3v) is 4.22. The van der Waals surface area contributed by atoms with Crippen molar-refractivity contribution in [3.63, 3.8) is 0 Å². The summed E-state index contributed by atoms with van der Waals surface area (Å²) in [6.45, 7) is 3.69. The van der Waals surface area contributed by atoms with Gasteiger partial charge in [-0.25, -0.2) is 18.1 Å². The van der Waals surface area contributed by atoms with Crippen LogP contribution < -0.4 is 4.72 Å². The minimum atomic E-state index is -3.59. The van der Waals surface area contributed by atoms with Gasteiger partial charge in [0.15, 0.2) is 5.03 Å². The molecule has 7 heteroatoms. The molecule has 0 aromatic carbocycles. The first-order valence-electron chi connectivity index (χ1n) is 5.99. The molecule has 0 fully saturated rings. The van der Waals surface area contributed by atoms with Crippen LogP contribution in [0.2, 0.25) is 0 Å². The minimum absolute atomic E-state index is 0.0882. The highest BCUT2D eigenvalue weighted by Gasteiger charge is 2.20. The van der Waals surface area contributed by atoms with Crippen LogP contribution in [0.1, 0.15) is 31.3 Å². The number of aryl methyl sites for hydroxylation is 1. The highest BCUT2D eigenvalue weighted by atomic mass is 32.2. The van der Waals surface area contributed by atoms with Gasteiger partial charge in [0, 0.05) is 24.9 Å². The van der Waals surface area contributed by atoms with Crippen molar-refractivity contribution in [1.29, 1.82) is 0 Å². The molecule has 19 heavy (non-hydrogen) atoms. The summed E-state index contributed by atoms with van der Waals surface area (Å²) in [6, 6.07) is 3.22. The Bertz CT molecular complexity index is 637. The molecule has 2 N–H and O–H groups in total. The summed E-state index contributed by atoms with van der Waals surface area (Å²) in [4.78, 5) is 10.7. The lowest BCUT2D eigenvalue weighted by molar-refractivity contribution is 0.563. The number of aromatic amines is 1. The fourth-order valence-electron chi connectivity index (χ4n) is 1.68. The minimum Gasteiger partial charge on any atom is -0.332 e.